The average Bonchev–Trinajstić information content (AvgIpc) is 2.93. The molecule has 0 saturated carbocycles. The van der Waals surface area contributed by atoms with Gasteiger partial charge in [0.1, 0.15) is 0 Å². The van der Waals surface area contributed by atoms with Crippen LogP contribution >= 0.6 is 11.3 Å². The molecule has 1 unspecified atom stereocenters. The van der Waals surface area contributed by atoms with Gasteiger partial charge in [-0.05, 0) is 18.6 Å². The van der Waals surface area contributed by atoms with Crippen LogP contribution in [-0.4, -0.2) is 34.3 Å². The Morgan fingerprint density at radius 2 is 2.16 bits per heavy atom. The molecule has 0 fully saturated rings. The Balaban J connectivity index is 1.88. The van der Waals surface area contributed by atoms with E-state index in [1.807, 2.05) is 12.1 Å². The van der Waals surface area contributed by atoms with Crippen molar-refractivity contribution in [3.05, 3.63) is 34.9 Å². The third kappa shape index (κ3) is 4.09. The number of aliphatic hydroxyl groups is 1. The molecule has 0 aliphatic carbocycles. The van der Waals surface area contributed by atoms with E-state index in [1.54, 1.807) is 23.7 Å². The molecule has 2 aromatic heterocycles. The molecule has 1 atom stereocenters. The fourth-order valence-corrected chi connectivity index (χ4v) is 2.61. The first kappa shape index (κ1) is 14.1. The summed E-state index contributed by atoms with van der Waals surface area (Å²) in [5.41, 5.74) is 2.11. The molecule has 102 valence electrons. The van der Waals surface area contributed by atoms with Crippen LogP contribution in [0.25, 0.3) is 11.3 Å². The van der Waals surface area contributed by atoms with Crippen molar-refractivity contribution >= 4 is 11.3 Å². The smallest absolute Gasteiger partial charge is 0.0945 e. The van der Waals surface area contributed by atoms with Crippen molar-refractivity contribution in [2.75, 3.05) is 13.2 Å². The molecule has 0 amide bonds. The first-order valence-electron chi connectivity index (χ1n) is 6.52. The maximum absolute atomic E-state index is 9.09. The van der Waals surface area contributed by atoms with E-state index in [0.29, 0.717) is 0 Å². The van der Waals surface area contributed by atoms with Gasteiger partial charge < -0.3 is 10.4 Å². The molecule has 0 aliphatic heterocycles. The monoisotopic (exact) mass is 277 g/mol. The zero-order chi connectivity index (χ0) is 13.5. The number of hydrogen-bond donors (Lipinski definition) is 2. The highest BCUT2D eigenvalue weighted by molar-refractivity contribution is 7.09. The number of aliphatic hydroxyl groups excluding tert-OH is 1. The summed E-state index contributed by atoms with van der Waals surface area (Å²) < 4.78 is 0. The normalized spacial score (nSPS) is 12.5. The highest BCUT2D eigenvalue weighted by Crippen LogP contribution is 2.21. The highest BCUT2D eigenvalue weighted by atomic mass is 32.1. The molecule has 0 bridgehead atoms. The molecule has 4 nitrogen and oxygen atoms in total. The van der Waals surface area contributed by atoms with Crippen LogP contribution in [0.1, 0.15) is 18.4 Å². The highest BCUT2D eigenvalue weighted by Gasteiger charge is 2.06. The van der Waals surface area contributed by atoms with Crippen molar-refractivity contribution in [1.29, 1.82) is 0 Å². The topological polar surface area (TPSA) is 58.0 Å². The van der Waals surface area contributed by atoms with Gasteiger partial charge in [0.15, 0.2) is 0 Å². The molecule has 5 heteroatoms. The van der Waals surface area contributed by atoms with E-state index in [0.717, 1.165) is 35.7 Å². The lowest BCUT2D eigenvalue weighted by atomic mass is 10.2. The second-order valence-corrected chi connectivity index (χ2v) is 5.30. The van der Waals surface area contributed by atoms with E-state index in [4.69, 9.17) is 5.11 Å². The average molecular weight is 277 g/mol. The molecule has 2 rings (SSSR count). The second kappa shape index (κ2) is 7.33. The van der Waals surface area contributed by atoms with E-state index in [2.05, 4.69) is 27.6 Å². The Labute approximate surface area is 117 Å². The van der Waals surface area contributed by atoms with Crippen LogP contribution in [0.3, 0.4) is 0 Å². The number of thiazole rings is 1. The van der Waals surface area contributed by atoms with Gasteiger partial charge in [-0.15, -0.1) is 11.3 Å². The minimum Gasteiger partial charge on any atom is -0.395 e. The van der Waals surface area contributed by atoms with Crippen LogP contribution in [0.2, 0.25) is 0 Å². The van der Waals surface area contributed by atoms with E-state index in [1.165, 1.54) is 0 Å². The Hall–Kier alpha value is -1.30. The lowest BCUT2D eigenvalue weighted by Gasteiger charge is -2.12. The summed E-state index contributed by atoms with van der Waals surface area (Å²) >= 11 is 1.68. The van der Waals surface area contributed by atoms with Crippen LogP contribution < -0.4 is 5.32 Å². The molecular weight excluding hydrogens is 258 g/mol. The van der Waals surface area contributed by atoms with Crippen molar-refractivity contribution in [1.82, 2.24) is 15.3 Å². The third-order valence-electron chi connectivity index (χ3n) is 3.01. The number of nitrogens with zero attached hydrogens (tertiary/aromatic N) is 2. The van der Waals surface area contributed by atoms with E-state index in [9.17, 15) is 0 Å². The van der Waals surface area contributed by atoms with Crippen molar-refractivity contribution in [2.45, 2.75) is 25.8 Å². The molecule has 2 N–H and O–H groups in total. The van der Waals surface area contributed by atoms with Gasteiger partial charge in [-0.1, -0.05) is 6.92 Å². The van der Waals surface area contributed by atoms with Crippen LogP contribution in [0, 0.1) is 0 Å². The van der Waals surface area contributed by atoms with Crippen LogP contribution in [0.5, 0.6) is 0 Å². The number of aromatic nitrogens is 2. The predicted molar refractivity (Wildman–Crippen MR) is 78.2 cm³/mol. The summed E-state index contributed by atoms with van der Waals surface area (Å²) in [4.78, 5) is 8.62. The number of rotatable bonds is 7. The van der Waals surface area contributed by atoms with Gasteiger partial charge in [0.2, 0.25) is 0 Å². The molecule has 19 heavy (non-hydrogen) atoms. The summed E-state index contributed by atoms with van der Waals surface area (Å²) in [7, 11) is 0. The lowest BCUT2D eigenvalue weighted by molar-refractivity contribution is 0.240. The third-order valence-corrected chi connectivity index (χ3v) is 3.92. The Morgan fingerprint density at radius 3 is 2.84 bits per heavy atom. The van der Waals surface area contributed by atoms with E-state index >= 15 is 0 Å². The zero-order valence-corrected chi connectivity index (χ0v) is 11.9. The first-order chi connectivity index (χ1) is 9.33. The summed E-state index contributed by atoms with van der Waals surface area (Å²) in [6.45, 7) is 3.11. The number of pyridine rings is 1. The molecule has 0 aromatic carbocycles. The van der Waals surface area contributed by atoms with E-state index in [-0.39, 0.29) is 12.6 Å². The predicted octanol–water partition coefficient (Wildman–Crippen LogP) is 2.11. The van der Waals surface area contributed by atoms with Crippen LogP contribution in [0.4, 0.5) is 0 Å². The Bertz CT molecular complexity index is 482. The molecule has 0 saturated heterocycles. The second-order valence-electron chi connectivity index (χ2n) is 4.35. The zero-order valence-electron chi connectivity index (χ0n) is 11.0. The quantitative estimate of drug-likeness (QED) is 0.814. The van der Waals surface area contributed by atoms with Gasteiger partial charge in [-0.2, -0.15) is 0 Å². The van der Waals surface area contributed by atoms with Crippen LogP contribution in [-0.2, 0) is 6.42 Å². The maximum Gasteiger partial charge on any atom is 0.0945 e. The van der Waals surface area contributed by atoms with Gasteiger partial charge in [0.25, 0.3) is 0 Å². The molecule has 0 radical (unpaired) electrons. The summed E-state index contributed by atoms with van der Waals surface area (Å²) in [5.74, 6) is 0. The largest absolute Gasteiger partial charge is 0.395 e. The molecule has 2 heterocycles. The Kier molecular flexibility index (Phi) is 5.44. The molecule has 2 aromatic rings. The molecular formula is C14H19N3OS. The summed E-state index contributed by atoms with van der Waals surface area (Å²) in [6, 6.07) is 4.13. The lowest BCUT2D eigenvalue weighted by Crippen LogP contribution is -2.33. The number of nitrogens with one attached hydrogen (secondary N) is 1. The molecule has 0 spiro atoms. The minimum absolute atomic E-state index is 0.191. The van der Waals surface area contributed by atoms with E-state index < -0.39 is 0 Å². The SMILES string of the molecule is CCC(CO)NCCc1nc(-c2ccncc2)cs1. The number of hydrogen-bond acceptors (Lipinski definition) is 5. The summed E-state index contributed by atoms with van der Waals surface area (Å²) in [6.07, 6.45) is 5.40. The fourth-order valence-electron chi connectivity index (χ4n) is 1.80. The van der Waals surface area contributed by atoms with Crippen LogP contribution in [0.15, 0.2) is 29.9 Å². The van der Waals surface area contributed by atoms with Crippen molar-refractivity contribution < 1.29 is 5.11 Å². The minimum atomic E-state index is 0.191. The first-order valence-corrected chi connectivity index (χ1v) is 7.40. The van der Waals surface area contributed by atoms with Gasteiger partial charge in [-0.3, -0.25) is 4.98 Å². The Morgan fingerprint density at radius 1 is 1.37 bits per heavy atom. The summed E-state index contributed by atoms with van der Waals surface area (Å²) in [5, 5.41) is 15.6. The fraction of sp³-hybridized carbons (Fsp3) is 0.429. The van der Waals surface area contributed by atoms with Gasteiger partial charge in [0, 0.05) is 42.3 Å². The molecule has 0 aliphatic rings. The van der Waals surface area contributed by atoms with Gasteiger partial charge >= 0.3 is 0 Å². The van der Waals surface area contributed by atoms with Crippen molar-refractivity contribution in [3.8, 4) is 11.3 Å². The standard InChI is InChI=1S/C14H19N3OS/c1-2-12(9-18)16-8-5-14-17-13(10-19-14)11-3-6-15-7-4-11/h3-4,6-7,10,12,16,18H,2,5,8-9H2,1H3. The van der Waals surface area contributed by atoms with Gasteiger partial charge in [-0.25, -0.2) is 4.98 Å². The van der Waals surface area contributed by atoms with Crippen molar-refractivity contribution in [2.24, 2.45) is 0 Å². The van der Waals surface area contributed by atoms with Gasteiger partial charge in [0.05, 0.1) is 17.3 Å². The van der Waals surface area contributed by atoms with Crippen molar-refractivity contribution in [3.63, 3.8) is 0 Å². The maximum atomic E-state index is 9.09.